The Labute approximate surface area is 120 Å². The van der Waals surface area contributed by atoms with Crippen LogP contribution in [0.15, 0.2) is 30.3 Å². The monoisotopic (exact) mass is 269 g/mol. The van der Waals surface area contributed by atoms with Crippen molar-refractivity contribution in [3.63, 3.8) is 0 Å². The molecule has 1 aromatic heterocycles. The molecule has 1 aliphatic carbocycles. The van der Waals surface area contributed by atoms with Gasteiger partial charge in [0.25, 0.3) is 0 Å². The van der Waals surface area contributed by atoms with Crippen LogP contribution in [0.25, 0.3) is 11.3 Å². The van der Waals surface area contributed by atoms with Crippen molar-refractivity contribution in [3.05, 3.63) is 35.9 Å². The first-order chi connectivity index (χ1) is 9.75. The van der Waals surface area contributed by atoms with Gasteiger partial charge in [-0.15, -0.1) is 0 Å². The Morgan fingerprint density at radius 2 is 1.80 bits per heavy atom. The summed E-state index contributed by atoms with van der Waals surface area (Å²) in [5.74, 6) is 1.40. The van der Waals surface area contributed by atoms with E-state index in [2.05, 4.69) is 29.4 Å². The number of hydrogen-bond acceptors (Lipinski definition) is 2. The highest BCUT2D eigenvalue weighted by Crippen LogP contribution is 2.37. The fraction of sp³-hybridized carbons (Fsp3) is 0.471. The number of hydrogen-bond donors (Lipinski definition) is 1. The van der Waals surface area contributed by atoms with Crippen LogP contribution >= 0.6 is 0 Å². The van der Waals surface area contributed by atoms with E-state index in [-0.39, 0.29) is 0 Å². The van der Waals surface area contributed by atoms with Crippen LogP contribution in [0.2, 0.25) is 0 Å². The van der Waals surface area contributed by atoms with E-state index in [1.54, 1.807) is 4.68 Å². The van der Waals surface area contributed by atoms with Gasteiger partial charge < -0.3 is 5.73 Å². The predicted octanol–water partition coefficient (Wildman–Crippen LogP) is 4.11. The van der Waals surface area contributed by atoms with Crippen molar-refractivity contribution < 1.29 is 0 Å². The van der Waals surface area contributed by atoms with E-state index < -0.39 is 0 Å². The van der Waals surface area contributed by atoms with E-state index in [0.717, 1.165) is 11.5 Å². The molecule has 1 fully saturated rings. The molecule has 2 aromatic rings. The molecule has 106 valence electrons. The zero-order valence-corrected chi connectivity index (χ0v) is 12.2. The lowest BCUT2D eigenvalue weighted by Crippen LogP contribution is -2.00. The number of anilines is 1. The van der Waals surface area contributed by atoms with Crippen LogP contribution in [0.1, 0.15) is 50.0 Å². The number of nitrogen functional groups attached to an aromatic ring is 1. The lowest BCUT2D eigenvalue weighted by Gasteiger charge is -2.17. The summed E-state index contributed by atoms with van der Waals surface area (Å²) in [7, 11) is 1.90. The Bertz CT molecular complexity index is 558. The molecular weight excluding hydrogens is 246 g/mol. The molecule has 2 N–H and O–H groups in total. The molecule has 0 bridgehead atoms. The average molecular weight is 269 g/mol. The molecule has 3 nitrogen and oxygen atoms in total. The largest absolute Gasteiger partial charge is 0.384 e. The number of benzene rings is 1. The minimum absolute atomic E-state index is 0.678. The van der Waals surface area contributed by atoms with Crippen molar-refractivity contribution in [2.45, 2.75) is 44.4 Å². The van der Waals surface area contributed by atoms with E-state index in [0.29, 0.717) is 5.92 Å². The summed E-state index contributed by atoms with van der Waals surface area (Å²) >= 11 is 0. The smallest absolute Gasteiger partial charge is 0.121 e. The van der Waals surface area contributed by atoms with Crippen molar-refractivity contribution in [1.82, 2.24) is 9.78 Å². The number of nitrogens with two attached hydrogens (primary N) is 1. The molecule has 1 aromatic carbocycles. The van der Waals surface area contributed by atoms with Crippen LogP contribution in [-0.2, 0) is 7.05 Å². The third kappa shape index (κ3) is 2.58. The average Bonchev–Trinajstić information content (AvgIpc) is 2.70. The number of nitrogens with zero attached hydrogens (tertiary/aromatic N) is 2. The van der Waals surface area contributed by atoms with Gasteiger partial charge in [0.15, 0.2) is 0 Å². The molecule has 0 atom stereocenters. The maximum Gasteiger partial charge on any atom is 0.121 e. The Hall–Kier alpha value is -1.77. The fourth-order valence-corrected chi connectivity index (χ4v) is 3.29. The van der Waals surface area contributed by atoms with Crippen molar-refractivity contribution >= 4 is 5.82 Å². The molecule has 20 heavy (non-hydrogen) atoms. The predicted molar refractivity (Wildman–Crippen MR) is 83.5 cm³/mol. The van der Waals surface area contributed by atoms with Crippen molar-refractivity contribution in [1.29, 1.82) is 0 Å². The molecule has 0 radical (unpaired) electrons. The van der Waals surface area contributed by atoms with Gasteiger partial charge in [0, 0.05) is 18.7 Å². The molecule has 0 saturated heterocycles. The topological polar surface area (TPSA) is 43.8 Å². The molecule has 1 heterocycles. The minimum Gasteiger partial charge on any atom is -0.384 e. The maximum atomic E-state index is 5.93. The first-order valence-corrected chi connectivity index (χ1v) is 7.64. The van der Waals surface area contributed by atoms with Crippen LogP contribution in [0.3, 0.4) is 0 Å². The summed E-state index contributed by atoms with van der Waals surface area (Å²) in [5.41, 5.74) is 9.64. The second-order valence-electron chi connectivity index (χ2n) is 5.85. The Morgan fingerprint density at radius 3 is 2.45 bits per heavy atom. The van der Waals surface area contributed by atoms with Gasteiger partial charge in [0.2, 0.25) is 0 Å². The Balaban J connectivity index is 1.99. The summed E-state index contributed by atoms with van der Waals surface area (Å²) in [6.45, 7) is 0. The quantitative estimate of drug-likeness (QED) is 0.834. The highest BCUT2D eigenvalue weighted by atomic mass is 15.3. The third-order valence-electron chi connectivity index (χ3n) is 4.45. The Kier molecular flexibility index (Phi) is 3.77. The van der Waals surface area contributed by atoms with E-state index in [4.69, 9.17) is 5.73 Å². The van der Waals surface area contributed by atoms with Gasteiger partial charge in [-0.3, -0.25) is 4.68 Å². The maximum absolute atomic E-state index is 5.93. The van der Waals surface area contributed by atoms with Crippen LogP contribution in [0.4, 0.5) is 5.82 Å². The number of aryl methyl sites for hydroxylation is 1. The molecule has 3 heteroatoms. The first kappa shape index (κ1) is 13.2. The normalized spacial score (nSPS) is 17.1. The fourth-order valence-electron chi connectivity index (χ4n) is 3.29. The van der Waals surface area contributed by atoms with Crippen LogP contribution in [0.5, 0.6) is 0 Å². The molecule has 0 unspecified atom stereocenters. The van der Waals surface area contributed by atoms with E-state index in [1.165, 1.54) is 49.7 Å². The van der Waals surface area contributed by atoms with E-state index >= 15 is 0 Å². The molecule has 3 rings (SSSR count). The number of rotatable bonds is 2. The highest BCUT2D eigenvalue weighted by molar-refractivity contribution is 5.67. The van der Waals surface area contributed by atoms with Crippen molar-refractivity contribution in [3.8, 4) is 11.3 Å². The standard InChI is InChI=1S/C17H23N3/c1-20-17(18)12-16(19-20)15-11-7-6-10-14(15)13-8-4-2-3-5-9-13/h6-7,10-13H,2-5,8-9,18H2,1H3. The van der Waals surface area contributed by atoms with Gasteiger partial charge in [-0.05, 0) is 24.3 Å². The second-order valence-corrected chi connectivity index (χ2v) is 5.85. The molecular formula is C17H23N3. The van der Waals surface area contributed by atoms with Crippen LogP contribution in [-0.4, -0.2) is 9.78 Å². The lowest BCUT2D eigenvalue weighted by atomic mass is 9.87. The van der Waals surface area contributed by atoms with Gasteiger partial charge >= 0.3 is 0 Å². The third-order valence-corrected chi connectivity index (χ3v) is 4.45. The van der Waals surface area contributed by atoms with E-state index in [1.807, 2.05) is 13.1 Å². The van der Waals surface area contributed by atoms with Gasteiger partial charge in [-0.1, -0.05) is 49.9 Å². The second kappa shape index (κ2) is 5.70. The zero-order valence-electron chi connectivity index (χ0n) is 12.2. The summed E-state index contributed by atoms with van der Waals surface area (Å²) in [6.07, 6.45) is 8.08. The SMILES string of the molecule is Cn1nc(-c2ccccc2C2CCCCCC2)cc1N. The highest BCUT2D eigenvalue weighted by Gasteiger charge is 2.19. The minimum atomic E-state index is 0.678. The Morgan fingerprint density at radius 1 is 1.10 bits per heavy atom. The van der Waals surface area contributed by atoms with Crippen LogP contribution in [0, 0.1) is 0 Å². The van der Waals surface area contributed by atoms with Crippen molar-refractivity contribution in [2.75, 3.05) is 5.73 Å². The zero-order chi connectivity index (χ0) is 13.9. The summed E-state index contributed by atoms with van der Waals surface area (Å²) in [5, 5.41) is 4.55. The lowest BCUT2D eigenvalue weighted by molar-refractivity contribution is 0.593. The number of aromatic nitrogens is 2. The van der Waals surface area contributed by atoms with Gasteiger partial charge in [-0.25, -0.2) is 0 Å². The first-order valence-electron chi connectivity index (χ1n) is 7.64. The molecule has 0 spiro atoms. The van der Waals surface area contributed by atoms with Gasteiger partial charge in [-0.2, -0.15) is 5.10 Å². The summed E-state index contributed by atoms with van der Waals surface area (Å²) < 4.78 is 1.75. The van der Waals surface area contributed by atoms with E-state index in [9.17, 15) is 0 Å². The summed E-state index contributed by atoms with van der Waals surface area (Å²) in [6, 6.07) is 10.7. The van der Waals surface area contributed by atoms with Crippen LogP contribution < -0.4 is 5.73 Å². The molecule has 0 amide bonds. The van der Waals surface area contributed by atoms with Crippen molar-refractivity contribution in [2.24, 2.45) is 7.05 Å². The summed E-state index contributed by atoms with van der Waals surface area (Å²) in [4.78, 5) is 0. The molecule has 0 aliphatic heterocycles. The van der Waals surface area contributed by atoms with Gasteiger partial charge in [0.05, 0.1) is 5.69 Å². The molecule has 1 aliphatic rings. The van der Waals surface area contributed by atoms with Gasteiger partial charge in [0.1, 0.15) is 5.82 Å². The molecule has 1 saturated carbocycles.